The summed E-state index contributed by atoms with van der Waals surface area (Å²) in [6, 6.07) is 0. The summed E-state index contributed by atoms with van der Waals surface area (Å²) in [5, 5.41) is 2.99. The molecule has 0 aliphatic carbocycles. The van der Waals surface area contributed by atoms with Gasteiger partial charge in [-0.3, -0.25) is 4.79 Å². The predicted octanol–water partition coefficient (Wildman–Crippen LogP) is 0.0892. The van der Waals surface area contributed by atoms with E-state index in [1.807, 2.05) is 7.05 Å². The summed E-state index contributed by atoms with van der Waals surface area (Å²) in [6.07, 6.45) is 0. The van der Waals surface area contributed by atoms with Gasteiger partial charge in [0.2, 0.25) is 0 Å². The molecule has 0 aromatic rings. The molecule has 0 bridgehead atoms. The van der Waals surface area contributed by atoms with Crippen molar-refractivity contribution in [2.45, 2.75) is 19.4 Å². The van der Waals surface area contributed by atoms with Gasteiger partial charge in [-0.15, -0.1) is 0 Å². The summed E-state index contributed by atoms with van der Waals surface area (Å²) in [7, 11) is 5.18. The SMILES string of the molecule is CNCCN(C)C(=O)C(C)(C)OC. The van der Waals surface area contributed by atoms with Gasteiger partial charge in [0.1, 0.15) is 5.60 Å². The maximum atomic E-state index is 11.7. The number of ether oxygens (including phenoxy) is 1. The molecule has 4 heteroatoms. The van der Waals surface area contributed by atoms with Crippen molar-refractivity contribution in [3.63, 3.8) is 0 Å². The molecule has 0 atom stereocenters. The molecule has 0 unspecified atom stereocenters. The van der Waals surface area contributed by atoms with E-state index < -0.39 is 5.60 Å². The van der Waals surface area contributed by atoms with Crippen molar-refractivity contribution in [3.8, 4) is 0 Å². The van der Waals surface area contributed by atoms with Gasteiger partial charge in [0, 0.05) is 27.2 Å². The molecule has 0 saturated carbocycles. The average Bonchev–Trinajstić information content (AvgIpc) is 2.12. The molecule has 0 spiro atoms. The van der Waals surface area contributed by atoms with Crippen LogP contribution in [0.15, 0.2) is 0 Å². The Kier molecular flexibility index (Phi) is 4.95. The van der Waals surface area contributed by atoms with E-state index in [1.54, 1.807) is 32.9 Å². The highest BCUT2D eigenvalue weighted by molar-refractivity contribution is 5.84. The van der Waals surface area contributed by atoms with E-state index in [4.69, 9.17) is 4.74 Å². The van der Waals surface area contributed by atoms with Gasteiger partial charge in [0.05, 0.1) is 0 Å². The highest BCUT2D eigenvalue weighted by Crippen LogP contribution is 2.10. The molecule has 0 fully saturated rings. The first kappa shape index (κ1) is 12.4. The zero-order chi connectivity index (χ0) is 10.5. The molecule has 0 radical (unpaired) electrons. The second kappa shape index (κ2) is 5.19. The quantitative estimate of drug-likeness (QED) is 0.665. The Morgan fingerprint density at radius 1 is 1.54 bits per heavy atom. The lowest BCUT2D eigenvalue weighted by Crippen LogP contribution is -2.46. The highest BCUT2D eigenvalue weighted by Gasteiger charge is 2.29. The minimum absolute atomic E-state index is 0.00486. The second-order valence-corrected chi connectivity index (χ2v) is 3.54. The van der Waals surface area contributed by atoms with Crippen molar-refractivity contribution in [2.24, 2.45) is 0 Å². The standard InChI is InChI=1S/C9H20N2O2/c1-9(2,13-5)8(12)11(4)7-6-10-3/h10H,6-7H2,1-5H3. The van der Waals surface area contributed by atoms with Crippen LogP contribution < -0.4 is 5.32 Å². The van der Waals surface area contributed by atoms with Crippen molar-refractivity contribution in [2.75, 3.05) is 34.3 Å². The average molecular weight is 188 g/mol. The van der Waals surface area contributed by atoms with Gasteiger partial charge in [-0.25, -0.2) is 0 Å². The lowest BCUT2D eigenvalue weighted by Gasteiger charge is -2.27. The molecule has 0 heterocycles. The lowest BCUT2D eigenvalue weighted by atomic mass is 10.1. The molecule has 0 aromatic carbocycles. The third kappa shape index (κ3) is 3.74. The van der Waals surface area contributed by atoms with Crippen molar-refractivity contribution < 1.29 is 9.53 Å². The number of amides is 1. The summed E-state index contributed by atoms with van der Waals surface area (Å²) in [5.74, 6) is 0.00486. The molecule has 0 aromatic heterocycles. The van der Waals surface area contributed by atoms with E-state index >= 15 is 0 Å². The number of hydrogen-bond acceptors (Lipinski definition) is 3. The molecule has 4 nitrogen and oxygen atoms in total. The van der Waals surface area contributed by atoms with Crippen LogP contribution in [0, 0.1) is 0 Å². The molecular weight excluding hydrogens is 168 g/mol. The Labute approximate surface area is 80.2 Å². The number of carbonyl (C=O) groups excluding carboxylic acids is 1. The number of nitrogens with zero attached hydrogens (tertiary/aromatic N) is 1. The van der Waals surface area contributed by atoms with Crippen molar-refractivity contribution in [3.05, 3.63) is 0 Å². The van der Waals surface area contributed by atoms with Crippen LogP contribution in [-0.2, 0) is 9.53 Å². The van der Waals surface area contributed by atoms with Crippen LogP contribution in [0.5, 0.6) is 0 Å². The normalized spacial score (nSPS) is 11.5. The molecule has 13 heavy (non-hydrogen) atoms. The van der Waals surface area contributed by atoms with Crippen molar-refractivity contribution >= 4 is 5.91 Å². The fourth-order valence-corrected chi connectivity index (χ4v) is 0.928. The Hall–Kier alpha value is -0.610. The van der Waals surface area contributed by atoms with Crippen LogP contribution in [0.1, 0.15) is 13.8 Å². The molecule has 1 amide bonds. The summed E-state index contributed by atoms with van der Waals surface area (Å²) < 4.78 is 5.09. The largest absolute Gasteiger partial charge is 0.369 e. The first-order valence-corrected chi connectivity index (χ1v) is 4.41. The van der Waals surface area contributed by atoms with Crippen LogP contribution in [0.3, 0.4) is 0 Å². The van der Waals surface area contributed by atoms with E-state index in [0.29, 0.717) is 6.54 Å². The van der Waals surface area contributed by atoms with Crippen LogP contribution in [0.25, 0.3) is 0 Å². The summed E-state index contributed by atoms with van der Waals surface area (Å²) in [5.41, 5.74) is -0.720. The predicted molar refractivity (Wildman–Crippen MR) is 52.7 cm³/mol. The van der Waals surface area contributed by atoms with Gasteiger partial charge in [-0.2, -0.15) is 0 Å². The number of carbonyl (C=O) groups is 1. The van der Waals surface area contributed by atoms with Crippen LogP contribution >= 0.6 is 0 Å². The summed E-state index contributed by atoms with van der Waals surface area (Å²) in [6.45, 7) is 5.03. The van der Waals surface area contributed by atoms with Gasteiger partial charge in [-0.1, -0.05) is 0 Å². The molecule has 78 valence electrons. The van der Waals surface area contributed by atoms with E-state index in [2.05, 4.69) is 5.32 Å². The van der Waals surface area contributed by atoms with Crippen molar-refractivity contribution in [1.82, 2.24) is 10.2 Å². The summed E-state index contributed by atoms with van der Waals surface area (Å²) in [4.78, 5) is 13.3. The van der Waals surface area contributed by atoms with E-state index in [1.165, 1.54) is 0 Å². The lowest BCUT2D eigenvalue weighted by molar-refractivity contribution is -0.149. The number of nitrogens with one attached hydrogen (secondary N) is 1. The number of methoxy groups -OCH3 is 1. The first-order valence-electron chi connectivity index (χ1n) is 4.41. The molecule has 0 aliphatic rings. The van der Waals surface area contributed by atoms with Gasteiger partial charge in [-0.05, 0) is 20.9 Å². The number of rotatable bonds is 5. The molecule has 1 N–H and O–H groups in total. The zero-order valence-corrected chi connectivity index (χ0v) is 9.18. The monoisotopic (exact) mass is 188 g/mol. The van der Waals surface area contributed by atoms with E-state index in [9.17, 15) is 4.79 Å². The molecule has 0 aliphatic heterocycles. The first-order chi connectivity index (χ1) is 5.95. The van der Waals surface area contributed by atoms with Gasteiger partial charge in [0.15, 0.2) is 0 Å². The van der Waals surface area contributed by atoms with Crippen molar-refractivity contribution in [1.29, 1.82) is 0 Å². The van der Waals surface area contributed by atoms with Gasteiger partial charge >= 0.3 is 0 Å². The minimum Gasteiger partial charge on any atom is -0.369 e. The minimum atomic E-state index is -0.720. The molecule has 0 saturated heterocycles. The zero-order valence-electron chi connectivity index (χ0n) is 9.18. The fourth-order valence-electron chi connectivity index (χ4n) is 0.928. The Morgan fingerprint density at radius 2 is 2.08 bits per heavy atom. The molecule has 0 rings (SSSR count). The van der Waals surface area contributed by atoms with Crippen LogP contribution in [-0.4, -0.2) is 50.7 Å². The number of likely N-dealkylation sites (N-methyl/N-ethyl adjacent to an activating group) is 2. The van der Waals surface area contributed by atoms with Crippen LogP contribution in [0.2, 0.25) is 0 Å². The third-order valence-electron chi connectivity index (χ3n) is 2.07. The van der Waals surface area contributed by atoms with Crippen LogP contribution in [0.4, 0.5) is 0 Å². The Balaban J connectivity index is 4.09. The summed E-state index contributed by atoms with van der Waals surface area (Å²) >= 11 is 0. The second-order valence-electron chi connectivity index (χ2n) is 3.54. The maximum absolute atomic E-state index is 11.7. The Morgan fingerprint density at radius 3 is 2.46 bits per heavy atom. The van der Waals surface area contributed by atoms with Gasteiger partial charge < -0.3 is 15.0 Å². The smallest absolute Gasteiger partial charge is 0.254 e. The Bertz CT molecular complexity index is 169. The highest BCUT2D eigenvalue weighted by atomic mass is 16.5. The number of hydrogen-bond donors (Lipinski definition) is 1. The topological polar surface area (TPSA) is 41.6 Å². The maximum Gasteiger partial charge on any atom is 0.254 e. The fraction of sp³-hybridized carbons (Fsp3) is 0.889. The van der Waals surface area contributed by atoms with E-state index in [-0.39, 0.29) is 5.91 Å². The molecular formula is C9H20N2O2. The van der Waals surface area contributed by atoms with E-state index in [0.717, 1.165) is 6.54 Å². The van der Waals surface area contributed by atoms with Gasteiger partial charge in [0.25, 0.3) is 5.91 Å². The third-order valence-corrected chi connectivity index (χ3v) is 2.07.